The summed E-state index contributed by atoms with van der Waals surface area (Å²) in [4.78, 5) is 14.4. The summed E-state index contributed by atoms with van der Waals surface area (Å²) < 4.78 is 6.04. The van der Waals surface area contributed by atoms with Crippen LogP contribution >= 0.6 is 24.0 Å². The smallest absolute Gasteiger partial charge is 0.266 e. The minimum atomic E-state index is -0.0812. The van der Waals surface area contributed by atoms with Crippen molar-refractivity contribution in [3.05, 3.63) is 60.0 Å². The molecular weight excluding hydrogens is 302 g/mol. The van der Waals surface area contributed by atoms with Crippen molar-refractivity contribution < 1.29 is 9.53 Å². The largest absolute Gasteiger partial charge is 0.490 e. The van der Waals surface area contributed by atoms with Crippen LogP contribution in [0.25, 0.3) is 6.08 Å². The van der Waals surface area contributed by atoms with Gasteiger partial charge in [-0.3, -0.25) is 9.69 Å². The van der Waals surface area contributed by atoms with Gasteiger partial charge in [-0.25, -0.2) is 0 Å². The number of rotatable bonds is 6. The van der Waals surface area contributed by atoms with Gasteiger partial charge in [0, 0.05) is 6.54 Å². The summed E-state index contributed by atoms with van der Waals surface area (Å²) in [7, 11) is 0. The van der Waals surface area contributed by atoms with Crippen LogP contribution in [0.15, 0.2) is 54.5 Å². The predicted molar refractivity (Wildman–Crippen MR) is 92.2 cm³/mol. The van der Waals surface area contributed by atoms with Crippen molar-refractivity contribution in [3.8, 4) is 5.75 Å². The highest BCUT2D eigenvalue weighted by molar-refractivity contribution is 8.26. The minimum absolute atomic E-state index is 0.0812. The summed E-state index contributed by atoms with van der Waals surface area (Å²) in [5.41, 5.74) is 0.899. The second-order valence-electron chi connectivity index (χ2n) is 4.25. The van der Waals surface area contributed by atoms with Gasteiger partial charge in [-0.05, 0) is 23.8 Å². The van der Waals surface area contributed by atoms with E-state index in [-0.39, 0.29) is 5.91 Å². The predicted octanol–water partition coefficient (Wildman–Crippen LogP) is 3.64. The first kappa shape index (κ1) is 15.5. The van der Waals surface area contributed by atoms with Gasteiger partial charge in [-0.1, -0.05) is 54.8 Å². The van der Waals surface area contributed by atoms with E-state index in [1.165, 1.54) is 16.7 Å². The number of hydrogen-bond donors (Lipinski definition) is 0. The zero-order valence-corrected chi connectivity index (χ0v) is 13.1. The fourth-order valence-corrected chi connectivity index (χ4v) is 3.06. The van der Waals surface area contributed by atoms with Crippen molar-refractivity contribution >= 4 is 40.3 Å². The van der Waals surface area contributed by atoms with Crippen LogP contribution in [0.3, 0.4) is 0 Å². The minimum Gasteiger partial charge on any atom is -0.490 e. The van der Waals surface area contributed by atoms with Crippen LogP contribution in [0.4, 0.5) is 0 Å². The first-order valence-electron chi connectivity index (χ1n) is 6.35. The molecule has 0 spiro atoms. The van der Waals surface area contributed by atoms with Gasteiger partial charge in [-0.2, -0.15) is 0 Å². The van der Waals surface area contributed by atoms with Gasteiger partial charge in [0.05, 0.1) is 4.91 Å². The number of carbonyl (C=O) groups excluding carboxylic acids is 1. The van der Waals surface area contributed by atoms with Crippen molar-refractivity contribution in [2.45, 2.75) is 0 Å². The maximum atomic E-state index is 12.2. The molecule has 1 heterocycles. The summed E-state index contributed by atoms with van der Waals surface area (Å²) >= 11 is 6.51. The summed E-state index contributed by atoms with van der Waals surface area (Å²) in [6.45, 7) is 8.13. The van der Waals surface area contributed by atoms with Crippen molar-refractivity contribution in [1.29, 1.82) is 0 Å². The first-order valence-corrected chi connectivity index (χ1v) is 7.58. The van der Waals surface area contributed by atoms with E-state index in [1.807, 2.05) is 30.3 Å². The van der Waals surface area contributed by atoms with E-state index in [1.54, 1.807) is 12.2 Å². The molecule has 5 heteroatoms. The number of thiocarbonyl (C=S) groups is 1. The highest BCUT2D eigenvalue weighted by Crippen LogP contribution is 2.32. The monoisotopic (exact) mass is 317 g/mol. The van der Waals surface area contributed by atoms with E-state index < -0.39 is 0 Å². The maximum Gasteiger partial charge on any atom is 0.266 e. The Morgan fingerprint density at radius 2 is 2.14 bits per heavy atom. The number of ether oxygens (including phenoxy) is 1. The second kappa shape index (κ2) is 7.24. The van der Waals surface area contributed by atoms with Crippen LogP contribution < -0.4 is 4.74 Å². The van der Waals surface area contributed by atoms with Crippen molar-refractivity contribution in [2.75, 3.05) is 13.2 Å². The highest BCUT2D eigenvalue weighted by atomic mass is 32.2. The molecule has 1 aromatic rings. The molecule has 1 aliphatic rings. The van der Waals surface area contributed by atoms with E-state index in [9.17, 15) is 4.79 Å². The van der Waals surface area contributed by atoms with Crippen LogP contribution in [-0.4, -0.2) is 28.3 Å². The summed E-state index contributed by atoms with van der Waals surface area (Å²) in [5.74, 6) is 0.660. The van der Waals surface area contributed by atoms with E-state index in [0.717, 1.165) is 11.3 Å². The first-order chi connectivity index (χ1) is 10.2. The topological polar surface area (TPSA) is 29.5 Å². The van der Waals surface area contributed by atoms with Crippen LogP contribution in [-0.2, 0) is 4.79 Å². The van der Waals surface area contributed by atoms with Gasteiger partial charge < -0.3 is 4.74 Å². The Hall–Kier alpha value is -1.85. The average Bonchev–Trinajstić information content (AvgIpc) is 2.73. The third-order valence-electron chi connectivity index (χ3n) is 2.71. The Balaban J connectivity index is 2.20. The van der Waals surface area contributed by atoms with E-state index in [2.05, 4.69) is 13.2 Å². The van der Waals surface area contributed by atoms with Crippen LogP contribution in [0.5, 0.6) is 5.75 Å². The molecule has 0 radical (unpaired) electrons. The molecule has 108 valence electrons. The van der Waals surface area contributed by atoms with Gasteiger partial charge in [0.15, 0.2) is 0 Å². The zero-order valence-electron chi connectivity index (χ0n) is 11.5. The lowest BCUT2D eigenvalue weighted by Crippen LogP contribution is -2.27. The molecule has 1 fully saturated rings. The third-order valence-corrected chi connectivity index (χ3v) is 4.09. The molecule has 0 saturated carbocycles. The van der Waals surface area contributed by atoms with Gasteiger partial charge in [-0.15, -0.1) is 6.58 Å². The zero-order chi connectivity index (χ0) is 15.2. The van der Waals surface area contributed by atoms with Crippen LogP contribution in [0, 0.1) is 0 Å². The molecule has 0 N–H and O–H groups in total. The van der Waals surface area contributed by atoms with Gasteiger partial charge >= 0.3 is 0 Å². The quantitative estimate of drug-likeness (QED) is 0.455. The molecule has 0 unspecified atom stereocenters. The molecule has 0 aliphatic carbocycles. The lowest BCUT2D eigenvalue weighted by Gasteiger charge is -2.10. The third kappa shape index (κ3) is 3.83. The Labute approximate surface area is 134 Å². The fourth-order valence-electron chi connectivity index (χ4n) is 1.79. The summed E-state index contributed by atoms with van der Waals surface area (Å²) in [5, 5.41) is 0. The Kier molecular flexibility index (Phi) is 5.36. The Bertz CT molecular complexity index is 622. The van der Waals surface area contributed by atoms with E-state index >= 15 is 0 Å². The van der Waals surface area contributed by atoms with Crippen molar-refractivity contribution in [2.24, 2.45) is 0 Å². The average molecular weight is 317 g/mol. The van der Waals surface area contributed by atoms with E-state index in [4.69, 9.17) is 17.0 Å². The van der Waals surface area contributed by atoms with Gasteiger partial charge in [0.2, 0.25) is 0 Å². The normalized spacial score (nSPS) is 16.4. The molecule has 1 amide bonds. The summed E-state index contributed by atoms with van der Waals surface area (Å²) in [6, 6.07) is 7.54. The number of nitrogens with zero attached hydrogens (tertiary/aromatic N) is 1. The van der Waals surface area contributed by atoms with Crippen LogP contribution in [0.1, 0.15) is 5.56 Å². The molecule has 1 aliphatic heterocycles. The lowest BCUT2D eigenvalue weighted by molar-refractivity contribution is -0.121. The fraction of sp³-hybridized carbons (Fsp3) is 0.125. The standard InChI is InChI=1S/C16H15NO2S2/c1-3-8-17-15(18)14(21-16(17)20)11-12-6-5-7-13(10-12)19-9-4-2/h3-7,10-11H,1-2,8-9H2/b14-11-. The highest BCUT2D eigenvalue weighted by Gasteiger charge is 2.30. The molecule has 21 heavy (non-hydrogen) atoms. The van der Waals surface area contributed by atoms with E-state index in [0.29, 0.717) is 22.4 Å². The Morgan fingerprint density at radius 1 is 1.33 bits per heavy atom. The molecular formula is C16H15NO2S2. The number of carbonyl (C=O) groups is 1. The molecule has 0 atom stereocenters. The van der Waals surface area contributed by atoms with Gasteiger partial charge in [0.25, 0.3) is 5.91 Å². The molecule has 1 aromatic carbocycles. The molecule has 0 bridgehead atoms. The van der Waals surface area contributed by atoms with Crippen molar-refractivity contribution in [3.63, 3.8) is 0 Å². The summed E-state index contributed by atoms with van der Waals surface area (Å²) in [6.07, 6.45) is 5.17. The number of benzene rings is 1. The number of amides is 1. The molecule has 0 aromatic heterocycles. The van der Waals surface area contributed by atoms with Gasteiger partial charge in [0.1, 0.15) is 16.7 Å². The number of hydrogen-bond acceptors (Lipinski definition) is 4. The lowest BCUT2D eigenvalue weighted by atomic mass is 10.2. The molecule has 2 rings (SSSR count). The second-order valence-corrected chi connectivity index (χ2v) is 5.93. The molecule has 3 nitrogen and oxygen atoms in total. The van der Waals surface area contributed by atoms with Crippen molar-refractivity contribution in [1.82, 2.24) is 4.90 Å². The van der Waals surface area contributed by atoms with Crippen LogP contribution in [0.2, 0.25) is 0 Å². The SMILES string of the molecule is C=CCOc1cccc(/C=C2\SC(=S)N(CC=C)C2=O)c1. The molecule has 1 saturated heterocycles. The maximum absolute atomic E-state index is 12.2. The number of thioether (sulfide) groups is 1. The Morgan fingerprint density at radius 3 is 2.86 bits per heavy atom.